The molecule has 5 nitrogen and oxygen atoms in total. The summed E-state index contributed by atoms with van der Waals surface area (Å²) in [4.78, 5) is 11.4. The predicted molar refractivity (Wildman–Crippen MR) is 60.7 cm³/mol. The Morgan fingerprint density at radius 1 is 1.41 bits per heavy atom. The van der Waals surface area contributed by atoms with Crippen LogP contribution in [0.25, 0.3) is 0 Å². The molecule has 0 unspecified atom stereocenters. The number of aliphatic hydroxyl groups is 1. The first kappa shape index (κ1) is 11.7. The van der Waals surface area contributed by atoms with Gasteiger partial charge in [-0.15, -0.1) is 0 Å². The lowest BCUT2D eigenvalue weighted by Gasteiger charge is -2.07. The summed E-state index contributed by atoms with van der Waals surface area (Å²) >= 11 is 0. The minimum atomic E-state index is -0.0735. The van der Waals surface area contributed by atoms with Crippen molar-refractivity contribution < 1.29 is 19.4 Å². The molecule has 0 aliphatic carbocycles. The molecule has 5 heteroatoms. The summed E-state index contributed by atoms with van der Waals surface area (Å²) in [6.07, 6.45) is 0.821. The molecule has 92 valence electrons. The maximum Gasteiger partial charge on any atom is 0.231 e. The Bertz CT molecular complexity index is 405. The van der Waals surface area contributed by atoms with Gasteiger partial charge >= 0.3 is 0 Å². The van der Waals surface area contributed by atoms with Crippen LogP contribution in [0.4, 0.5) is 0 Å². The predicted octanol–water partition coefficient (Wildman–Crippen LogP) is 0.804. The molecule has 17 heavy (non-hydrogen) atoms. The molecule has 2 rings (SSSR count). The van der Waals surface area contributed by atoms with E-state index in [2.05, 4.69) is 5.32 Å². The van der Waals surface area contributed by atoms with Crippen LogP contribution in [0.1, 0.15) is 18.4 Å². The third-order valence-electron chi connectivity index (χ3n) is 2.52. The molecular weight excluding hydrogens is 222 g/mol. The Kier molecular flexibility index (Phi) is 3.82. The first-order chi connectivity index (χ1) is 8.31. The van der Waals surface area contributed by atoms with Crippen molar-refractivity contribution in [2.75, 3.05) is 13.4 Å². The van der Waals surface area contributed by atoms with Crippen LogP contribution in [0.5, 0.6) is 11.5 Å². The highest BCUT2D eigenvalue weighted by molar-refractivity contribution is 5.76. The van der Waals surface area contributed by atoms with Crippen LogP contribution in [0.15, 0.2) is 18.2 Å². The molecule has 1 aromatic rings. The van der Waals surface area contributed by atoms with Crippen molar-refractivity contribution in [3.05, 3.63) is 23.8 Å². The van der Waals surface area contributed by atoms with E-state index >= 15 is 0 Å². The van der Waals surface area contributed by atoms with Crippen LogP contribution in [-0.4, -0.2) is 24.4 Å². The summed E-state index contributed by atoms with van der Waals surface area (Å²) in [6, 6.07) is 5.59. The Morgan fingerprint density at radius 2 is 2.29 bits per heavy atom. The number of aliphatic hydroxyl groups excluding tert-OH is 1. The van der Waals surface area contributed by atoms with E-state index in [1.165, 1.54) is 0 Å². The second-order valence-corrected chi connectivity index (χ2v) is 3.75. The number of hydrogen-bond donors (Lipinski definition) is 2. The number of ether oxygens (including phenoxy) is 2. The lowest BCUT2D eigenvalue weighted by molar-refractivity contribution is -0.121. The van der Waals surface area contributed by atoms with E-state index in [0.717, 1.165) is 5.56 Å². The zero-order chi connectivity index (χ0) is 12.1. The Balaban J connectivity index is 1.91. The molecule has 0 saturated carbocycles. The van der Waals surface area contributed by atoms with Crippen LogP contribution in [0.2, 0.25) is 0 Å². The molecule has 0 spiro atoms. The molecule has 0 aromatic heterocycles. The summed E-state index contributed by atoms with van der Waals surface area (Å²) in [5.74, 6) is 1.35. The third kappa shape index (κ3) is 2.88. The van der Waals surface area contributed by atoms with Crippen molar-refractivity contribution in [2.24, 2.45) is 0 Å². The molecule has 0 radical (unpaired) electrons. The summed E-state index contributed by atoms with van der Waals surface area (Å²) < 4.78 is 10.6. The monoisotopic (exact) mass is 237 g/mol. The lowest BCUT2D eigenvalue weighted by Crippen LogP contribution is -2.22. The largest absolute Gasteiger partial charge is 0.454 e. The molecule has 1 aliphatic heterocycles. The van der Waals surface area contributed by atoms with Gasteiger partial charge in [0.25, 0.3) is 0 Å². The van der Waals surface area contributed by atoms with Crippen LogP contribution in [0.3, 0.4) is 0 Å². The number of nitrogens with one attached hydrogen (secondary N) is 1. The standard InChI is InChI=1S/C12H15NO4/c14-6-2-5-11(15)13-7-9-3-1-4-10-12(9)17-8-16-10/h1,3-4,14H,2,5-8H2,(H,13,15). The number of hydrogen-bond acceptors (Lipinski definition) is 4. The molecule has 1 amide bonds. The van der Waals surface area contributed by atoms with E-state index < -0.39 is 0 Å². The van der Waals surface area contributed by atoms with Gasteiger partial charge in [0, 0.05) is 25.1 Å². The molecule has 0 bridgehead atoms. The van der Waals surface area contributed by atoms with Gasteiger partial charge < -0.3 is 19.9 Å². The SMILES string of the molecule is O=C(CCCO)NCc1cccc2c1OCO2. The average Bonchev–Trinajstić information content (AvgIpc) is 2.82. The van der Waals surface area contributed by atoms with E-state index in [9.17, 15) is 4.79 Å². The van der Waals surface area contributed by atoms with Gasteiger partial charge in [0.05, 0.1) is 0 Å². The van der Waals surface area contributed by atoms with Crippen molar-refractivity contribution in [3.63, 3.8) is 0 Å². The molecule has 0 atom stereocenters. The minimum absolute atomic E-state index is 0.0328. The van der Waals surface area contributed by atoms with Crippen LogP contribution < -0.4 is 14.8 Å². The zero-order valence-corrected chi connectivity index (χ0v) is 9.44. The summed E-state index contributed by atoms with van der Waals surface area (Å²) in [5.41, 5.74) is 0.900. The van der Waals surface area contributed by atoms with Gasteiger partial charge in [0.1, 0.15) is 0 Å². The lowest BCUT2D eigenvalue weighted by atomic mass is 10.2. The fourth-order valence-corrected chi connectivity index (χ4v) is 1.65. The minimum Gasteiger partial charge on any atom is -0.454 e. The number of para-hydroxylation sites is 1. The normalized spacial score (nSPS) is 12.5. The molecule has 1 aromatic carbocycles. The third-order valence-corrected chi connectivity index (χ3v) is 2.52. The Hall–Kier alpha value is -1.75. The Labute approximate surface area is 99.3 Å². The summed E-state index contributed by atoms with van der Waals surface area (Å²) in [5, 5.41) is 11.4. The van der Waals surface area contributed by atoms with Crippen molar-refractivity contribution >= 4 is 5.91 Å². The fourth-order valence-electron chi connectivity index (χ4n) is 1.65. The van der Waals surface area contributed by atoms with E-state index in [-0.39, 0.29) is 19.3 Å². The summed E-state index contributed by atoms with van der Waals surface area (Å²) in [6.45, 7) is 0.673. The van der Waals surface area contributed by atoms with Crippen LogP contribution in [-0.2, 0) is 11.3 Å². The number of carbonyl (C=O) groups excluding carboxylic acids is 1. The quantitative estimate of drug-likeness (QED) is 0.795. The molecule has 0 saturated heterocycles. The van der Waals surface area contributed by atoms with Crippen molar-refractivity contribution in [2.45, 2.75) is 19.4 Å². The molecule has 0 fully saturated rings. The van der Waals surface area contributed by atoms with Gasteiger partial charge in [-0.2, -0.15) is 0 Å². The highest BCUT2D eigenvalue weighted by atomic mass is 16.7. The number of carbonyl (C=O) groups is 1. The second-order valence-electron chi connectivity index (χ2n) is 3.75. The van der Waals surface area contributed by atoms with Gasteiger partial charge in [-0.1, -0.05) is 12.1 Å². The van der Waals surface area contributed by atoms with Crippen molar-refractivity contribution in [1.29, 1.82) is 0 Å². The van der Waals surface area contributed by atoms with Gasteiger partial charge in [-0.3, -0.25) is 4.79 Å². The second kappa shape index (κ2) is 5.54. The number of fused-ring (bicyclic) bond motifs is 1. The maximum absolute atomic E-state index is 11.4. The smallest absolute Gasteiger partial charge is 0.231 e. The number of amides is 1. The Morgan fingerprint density at radius 3 is 3.12 bits per heavy atom. The average molecular weight is 237 g/mol. The van der Waals surface area contributed by atoms with Gasteiger partial charge in [0.15, 0.2) is 11.5 Å². The summed E-state index contributed by atoms with van der Waals surface area (Å²) in [7, 11) is 0. The first-order valence-electron chi connectivity index (χ1n) is 5.56. The maximum atomic E-state index is 11.4. The first-order valence-corrected chi connectivity index (χ1v) is 5.56. The fraction of sp³-hybridized carbons (Fsp3) is 0.417. The van der Waals surface area contributed by atoms with Gasteiger partial charge in [-0.25, -0.2) is 0 Å². The molecular formula is C12H15NO4. The highest BCUT2D eigenvalue weighted by Crippen LogP contribution is 2.35. The van der Waals surface area contributed by atoms with E-state index in [4.69, 9.17) is 14.6 Å². The van der Waals surface area contributed by atoms with E-state index in [1.54, 1.807) is 0 Å². The van der Waals surface area contributed by atoms with E-state index in [1.807, 2.05) is 18.2 Å². The van der Waals surface area contributed by atoms with Crippen molar-refractivity contribution in [1.82, 2.24) is 5.32 Å². The van der Waals surface area contributed by atoms with Gasteiger partial charge in [-0.05, 0) is 12.5 Å². The van der Waals surface area contributed by atoms with Gasteiger partial charge in [0.2, 0.25) is 12.7 Å². The van der Waals surface area contributed by atoms with E-state index in [0.29, 0.717) is 30.9 Å². The molecule has 1 aliphatic rings. The topological polar surface area (TPSA) is 67.8 Å². The molecule has 2 N–H and O–H groups in total. The van der Waals surface area contributed by atoms with Crippen LogP contribution >= 0.6 is 0 Å². The number of benzene rings is 1. The van der Waals surface area contributed by atoms with Crippen molar-refractivity contribution in [3.8, 4) is 11.5 Å². The molecule has 1 heterocycles. The highest BCUT2D eigenvalue weighted by Gasteiger charge is 2.17. The zero-order valence-electron chi connectivity index (χ0n) is 9.44. The van der Waals surface area contributed by atoms with Crippen LogP contribution in [0, 0.1) is 0 Å². The number of rotatable bonds is 5.